The summed E-state index contributed by atoms with van der Waals surface area (Å²) >= 11 is 0. The van der Waals surface area contributed by atoms with Crippen molar-refractivity contribution in [2.45, 2.75) is 104 Å². The Morgan fingerprint density at radius 1 is 0.639 bits per heavy atom. The maximum atomic E-state index is 11.5. The van der Waals surface area contributed by atoms with E-state index in [-0.39, 0.29) is 26.1 Å². The Labute approximate surface area is 210 Å². The Bertz CT molecular complexity index is 732. The van der Waals surface area contributed by atoms with Gasteiger partial charge in [0.05, 0.1) is 25.4 Å². The molecule has 0 aromatic rings. The molecule has 8 atom stereocenters. The van der Waals surface area contributed by atoms with Crippen molar-refractivity contribution in [3.05, 3.63) is 12.2 Å². The van der Waals surface area contributed by atoms with Crippen LogP contribution in [0.1, 0.15) is 54.4 Å². The molecule has 2 heterocycles. The fourth-order valence-corrected chi connectivity index (χ4v) is 4.06. The molecule has 0 bridgehead atoms. The average molecular weight is 517 g/mol. The zero-order chi connectivity index (χ0) is 26.8. The number of esters is 4. The van der Waals surface area contributed by atoms with Crippen LogP contribution < -0.4 is 0 Å². The van der Waals surface area contributed by atoms with Crippen LogP contribution in [0.5, 0.6) is 0 Å². The lowest BCUT2D eigenvalue weighted by atomic mass is 10.0. The Hall–Kier alpha value is -2.54. The van der Waals surface area contributed by atoms with Gasteiger partial charge in [-0.1, -0.05) is 12.2 Å². The van der Waals surface area contributed by atoms with Gasteiger partial charge >= 0.3 is 23.9 Å². The average Bonchev–Trinajstić information content (AvgIpc) is 2.74. The Balaban J connectivity index is 1.80. The molecule has 0 amide bonds. The molecule has 2 aliphatic rings. The van der Waals surface area contributed by atoms with E-state index in [0.29, 0.717) is 0 Å². The minimum atomic E-state index is -0.718. The first-order chi connectivity index (χ1) is 17.0. The zero-order valence-electron chi connectivity index (χ0n) is 21.5. The van der Waals surface area contributed by atoms with E-state index in [0.717, 1.165) is 0 Å². The van der Waals surface area contributed by atoms with Crippen LogP contribution in [0.25, 0.3) is 0 Å². The van der Waals surface area contributed by atoms with Crippen molar-refractivity contribution in [3.8, 4) is 0 Å². The van der Waals surface area contributed by atoms with Crippen LogP contribution in [-0.4, -0.2) is 86.3 Å². The van der Waals surface area contributed by atoms with Crippen molar-refractivity contribution in [3.63, 3.8) is 0 Å². The highest BCUT2D eigenvalue weighted by Gasteiger charge is 2.42. The molecule has 204 valence electrons. The van der Waals surface area contributed by atoms with E-state index in [1.165, 1.54) is 27.7 Å². The SMILES string of the molecule is CC(=O)O[C@@H]1[C@H](C)O[C@@H](OC/C=C/CO[C@H]2C[C@H](OC(C)=O)[C@H](OC(C)=O)[C@H](C)O2)C[C@@H]1OC(C)=O. The Morgan fingerprint density at radius 2 is 0.972 bits per heavy atom. The van der Waals surface area contributed by atoms with Gasteiger partial charge in [0.15, 0.2) is 24.8 Å². The highest BCUT2D eigenvalue weighted by Crippen LogP contribution is 2.27. The van der Waals surface area contributed by atoms with Crippen molar-refractivity contribution in [2.75, 3.05) is 13.2 Å². The molecular weight excluding hydrogens is 480 g/mol. The predicted octanol–water partition coefficient (Wildman–Crippen LogP) is 1.57. The van der Waals surface area contributed by atoms with Gasteiger partial charge in [-0.05, 0) is 13.8 Å². The van der Waals surface area contributed by atoms with E-state index >= 15 is 0 Å². The molecule has 2 rings (SSSR count). The smallest absolute Gasteiger partial charge is 0.303 e. The second kappa shape index (κ2) is 14.3. The molecule has 0 N–H and O–H groups in total. The maximum Gasteiger partial charge on any atom is 0.303 e. The molecule has 12 heteroatoms. The van der Waals surface area contributed by atoms with Gasteiger partial charge in [-0.25, -0.2) is 0 Å². The van der Waals surface area contributed by atoms with Crippen LogP contribution in [0.3, 0.4) is 0 Å². The van der Waals surface area contributed by atoms with Crippen molar-refractivity contribution in [1.82, 2.24) is 0 Å². The fraction of sp³-hybridized carbons (Fsp3) is 0.750. The van der Waals surface area contributed by atoms with Crippen LogP contribution in [0.4, 0.5) is 0 Å². The van der Waals surface area contributed by atoms with Gasteiger partial charge in [-0.2, -0.15) is 0 Å². The zero-order valence-corrected chi connectivity index (χ0v) is 21.5. The highest BCUT2D eigenvalue weighted by atomic mass is 16.7. The second-order valence-electron chi connectivity index (χ2n) is 8.59. The number of hydrogen-bond acceptors (Lipinski definition) is 12. The van der Waals surface area contributed by atoms with Crippen LogP contribution in [-0.2, 0) is 57.1 Å². The second-order valence-corrected chi connectivity index (χ2v) is 8.59. The highest BCUT2D eigenvalue weighted by molar-refractivity contribution is 5.68. The normalized spacial score (nSPS) is 32.5. The molecule has 2 aliphatic heterocycles. The lowest BCUT2D eigenvalue weighted by Crippen LogP contribution is -2.51. The molecule has 0 unspecified atom stereocenters. The van der Waals surface area contributed by atoms with E-state index in [9.17, 15) is 19.2 Å². The van der Waals surface area contributed by atoms with Gasteiger partial charge in [-0.3, -0.25) is 19.2 Å². The van der Waals surface area contributed by atoms with E-state index in [4.69, 9.17) is 37.9 Å². The quantitative estimate of drug-likeness (QED) is 0.236. The molecule has 0 aliphatic carbocycles. The molecule has 36 heavy (non-hydrogen) atoms. The maximum absolute atomic E-state index is 11.5. The topological polar surface area (TPSA) is 142 Å². The number of hydrogen-bond donors (Lipinski definition) is 0. The summed E-state index contributed by atoms with van der Waals surface area (Å²) in [6.45, 7) is 8.93. The van der Waals surface area contributed by atoms with E-state index in [1.807, 2.05) is 0 Å². The molecule has 0 radical (unpaired) electrons. The van der Waals surface area contributed by atoms with Gasteiger partial charge in [0, 0.05) is 40.5 Å². The van der Waals surface area contributed by atoms with E-state index < -0.39 is 73.1 Å². The number of ether oxygens (including phenoxy) is 8. The largest absolute Gasteiger partial charge is 0.458 e. The van der Waals surface area contributed by atoms with Gasteiger partial charge in [0.1, 0.15) is 12.2 Å². The van der Waals surface area contributed by atoms with Gasteiger partial charge < -0.3 is 37.9 Å². The fourth-order valence-electron chi connectivity index (χ4n) is 4.06. The molecule has 0 spiro atoms. The van der Waals surface area contributed by atoms with Crippen molar-refractivity contribution < 1.29 is 57.1 Å². The first-order valence-electron chi connectivity index (χ1n) is 11.8. The standard InChI is InChI=1S/C24H36O12/c1-13-23(35-17(5)27)19(33-15(3)25)11-21(31-13)29-9-7-8-10-30-22-12-20(34-16(4)26)24(14(2)32-22)36-18(6)28/h7-8,13-14,19-24H,9-12H2,1-6H3/b8-7+/t13-,14-,19-,20-,21+,22+,23+,24+/m0/s1. The summed E-state index contributed by atoms with van der Waals surface area (Å²) in [5.41, 5.74) is 0. The van der Waals surface area contributed by atoms with Gasteiger partial charge in [0.2, 0.25) is 0 Å². The van der Waals surface area contributed by atoms with E-state index in [2.05, 4.69) is 0 Å². The first-order valence-corrected chi connectivity index (χ1v) is 11.8. The lowest BCUT2D eigenvalue weighted by Gasteiger charge is -2.38. The van der Waals surface area contributed by atoms with Crippen molar-refractivity contribution >= 4 is 23.9 Å². The molecule has 2 saturated heterocycles. The molecule has 12 nitrogen and oxygen atoms in total. The van der Waals surface area contributed by atoms with Crippen LogP contribution in [0.2, 0.25) is 0 Å². The Morgan fingerprint density at radius 3 is 1.28 bits per heavy atom. The van der Waals surface area contributed by atoms with Crippen molar-refractivity contribution in [1.29, 1.82) is 0 Å². The van der Waals surface area contributed by atoms with Gasteiger partial charge in [-0.15, -0.1) is 0 Å². The summed E-state index contributed by atoms with van der Waals surface area (Å²) in [5.74, 6) is -1.97. The van der Waals surface area contributed by atoms with Crippen LogP contribution >= 0.6 is 0 Å². The van der Waals surface area contributed by atoms with Gasteiger partial charge in [0.25, 0.3) is 0 Å². The third kappa shape index (κ3) is 9.84. The molecule has 0 saturated carbocycles. The summed E-state index contributed by atoms with van der Waals surface area (Å²) in [6.07, 6.45) is -1.31. The summed E-state index contributed by atoms with van der Waals surface area (Å²) in [7, 11) is 0. The summed E-state index contributed by atoms with van der Waals surface area (Å²) in [4.78, 5) is 45.7. The summed E-state index contributed by atoms with van der Waals surface area (Å²) < 4.78 is 44.0. The number of rotatable bonds is 10. The molecule has 2 fully saturated rings. The number of carbonyl (C=O) groups is 4. The third-order valence-electron chi connectivity index (χ3n) is 5.40. The molecule has 0 aromatic carbocycles. The minimum absolute atomic E-state index is 0.193. The number of carbonyl (C=O) groups excluding carboxylic acids is 4. The summed E-state index contributed by atoms with van der Waals surface area (Å²) in [6, 6.07) is 0. The third-order valence-corrected chi connectivity index (χ3v) is 5.40. The van der Waals surface area contributed by atoms with E-state index in [1.54, 1.807) is 26.0 Å². The monoisotopic (exact) mass is 516 g/mol. The minimum Gasteiger partial charge on any atom is -0.458 e. The van der Waals surface area contributed by atoms with Crippen LogP contribution in [0, 0.1) is 0 Å². The van der Waals surface area contributed by atoms with Crippen LogP contribution in [0.15, 0.2) is 12.2 Å². The predicted molar refractivity (Wildman–Crippen MR) is 121 cm³/mol. The van der Waals surface area contributed by atoms with Crippen molar-refractivity contribution in [2.24, 2.45) is 0 Å². The summed E-state index contributed by atoms with van der Waals surface area (Å²) in [5, 5.41) is 0. The molecule has 0 aromatic heterocycles. The molecular formula is C24H36O12. The Kier molecular flexibility index (Phi) is 11.8. The lowest BCUT2D eigenvalue weighted by molar-refractivity contribution is -0.253. The first kappa shape index (κ1) is 29.7.